The van der Waals surface area contributed by atoms with Crippen LogP contribution in [0.25, 0.3) is 0 Å². The third kappa shape index (κ3) is 4.94. The van der Waals surface area contributed by atoms with Gasteiger partial charge in [-0.15, -0.1) is 0 Å². The van der Waals surface area contributed by atoms with Crippen molar-refractivity contribution in [1.82, 2.24) is 10.2 Å². The Labute approximate surface area is 106 Å². The third-order valence-corrected chi connectivity index (χ3v) is 5.40. The molecular weight excluding hydrogens is 236 g/mol. The minimum atomic E-state index is -2.84. The van der Waals surface area contributed by atoms with Crippen LogP contribution in [-0.4, -0.2) is 56.5 Å². The second-order valence-electron chi connectivity index (χ2n) is 5.21. The topological polar surface area (TPSA) is 49.4 Å². The van der Waals surface area contributed by atoms with Crippen molar-refractivity contribution in [3.63, 3.8) is 0 Å². The highest BCUT2D eigenvalue weighted by molar-refractivity contribution is 7.91. The predicted molar refractivity (Wildman–Crippen MR) is 72.1 cm³/mol. The molecule has 1 aliphatic rings. The van der Waals surface area contributed by atoms with Crippen LogP contribution in [0.3, 0.4) is 0 Å². The van der Waals surface area contributed by atoms with E-state index in [0.29, 0.717) is 12.3 Å². The largest absolute Gasteiger partial charge is 0.310 e. The van der Waals surface area contributed by atoms with E-state index in [1.54, 1.807) is 6.92 Å². The molecule has 1 heterocycles. The van der Waals surface area contributed by atoms with E-state index in [9.17, 15) is 8.42 Å². The maximum atomic E-state index is 11.5. The molecule has 0 radical (unpaired) electrons. The molecular formula is C12H26N2O2S. The first-order valence-corrected chi connectivity index (χ1v) is 8.41. The summed E-state index contributed by atoms with van der Waals surface area (Å²) in [5.74, 6) is 0.549. The minimum Gasteiger partial charge on any atom is -0.310 e. The van der Waals surface area contributed by atoms with E-state index in [1.165, 1.54) is 0 Å². The first-order chi connectivity index (χ1) is 7.91. The number of nitrogens with zero attached hydrogens (tertiary/aromatic N) is 1. The summed E-state index contributed by atoms with van der Waals surface area (Å²) in [5.41, 5.74) is 0.131. The zero-order valence-corrected chi connectivity index (χ0v) is 12.1. The third-order valence-electron chi connectivity index (χ3n) is 3.71. The quantitative estimate of drug-likeness (QED) is 0.799. The molecule has 1 unspecified atom stereocenters. The van der Waals surface area contributed by atoms with Gasteiger partial charge in [-0.2, -0.15) is 0 Å². The highest BCUT2D eigenvalue weighted by atomic mass is 32.2. The van der Waals surface area contributed by atoms with E-state index >= 15 is 0 Å². The molecule has 1 rings (SSSR count). The van der Waals surface area contributed by atoms with Gasteiger partial charge in [-0.25, -0.2) is 8.42 Å². The van der Waals surface area contributed by atoms with Crippen molar-refractivity contribution >= 4 is 9.84 Å². The van der Waals surface area contributed by atoms with E-state index in [1.807, 2.05) is 0 Å². The van der Waals surface area contributed by atoms with Crippen LogP contribution in [0.1, 0.15) is 33.6 Å². The molecule has 0 spiro atoms. The Morgan fingerprint density at radius 2 is 2.06 bits per heavy atom. The standard InChI is InChI=1S/C12H26N2O2S/c1-4-12(3)11-14(8-6-7-13-12)9-10-17(15,16)5-2/h13H,4-11H2,1-3H3. The van der Waals surface area contributed by atoms with Crippen LogP contribution in [0.4, 0.5) is 0 Å². The Balaban J connectivity index is 2.53. The number of sulfone groups is 1. The molecule has 1 aliphatic heterocycles. The minimum absolute atomic E-state index is 0.131. The van der Waals surface area contributed by atoms with Crippen LogP contribution in [0.5, 0.6) is 0 Å². The molecule has 5 heteroatoms. The van der Waals surface area contributed by atoms with Crippen LogP contribution >= 0.6 is 0 Å². The Bertz CT molecular complexity index is 329. The van der Waals surface area contributed by atoms with Crippen LogP contribution in [0, 0.1) is 0 Å². The van der Waals surface area contributed by atoms with Gasteiger partial charge in [0.05, 0.1) is 5.75 Å². The lowest BCUT2D eigenvalue weighted by Gasteiger charge is -2.32. The van der Waals surface area contributed by atoms with Crippen molar-refractivity contribution in [1.29, 1.82) is 0 Å². The number of hydrogen-bond donors (Lipinski definition) is 1. The molecule has 0 aromatic rings. The summed E-state index contributed by atoms with van der Waals surface area (Å²) in [4.78, 5) is 2.29. The van der Waals surface area contributed by atoms with Gasteiger partial charge in [0.1, 0.15) is 0 Å². The molecule has 0 aromatic heterocycles. The molecule has 0 aliphatic carbocycles. The first kappa shape index (κ1) is 14.9. The Kier molecular flexibility index (Phi) is 5.41. The van der Waals surface area contributed by atoms with Gasteiger partial charge in [0, 0.05) is 24.4 Å². The van der Waals surface area contributed by atoms with E-state index in [0.717, 1.165) is 32.5 Å². The number of nitrogens with one attached hydrogen (secondary N) is 1. The summed E-state index contributed by atoms with van der Waals surface area (Å²) in [6, 6.07) is 0. The van der Waals surface area contributed by atoms with Gasteiger partial charge in [0.25, 0.3) is 0 Å². The van der Waals surface area contributed by atoms with Gasteiger partial charge in [-0.3, -0.25) is 0 Å². The summed E-state index contributed by atoms with van der Waals surface area (Å²) in [7, 11) is -2.84. The second-order valence-corrected chi connectivity index (χ2v) is 7.68. The summed E-state index contributed by atoms with van der Waals surface area (Å²) >= 11 is 0. The summed E-state index contributed by atoms with van der Waals surface area (Å²) in [6.45, 7) is 9.77. The second kappa shape index (κ2) is 6.16. The Morgan fingerprint density at radius 3 is 2.65 bits per heavy atom. The lowest BCUT2D eigenvalue weighted by Crippen LogP contribution is -2.49. The molecule has 1 fully saturated rings. The van der Waals surface area contributed by atoms with Gasteiger partial charge in [0.2, 0.25) is 0 Å². The maximum absolute atomic E-state index is 11.5. The van der Waals surface area contributed by atoms with E-state index < -0.39 is 9.84 Å². The van der Waals surface area contributed by atoms with Gasteiger partial charge < -0.3 is 10.2 Å². The highest BCUT2D eigenvalue weighted by Gasteiger charge is 2.27. The van der Waals surface area contributed by atoms with Crippen molar-refractivity contribution in [2.45, 2.75) is 39.2 Å². The SMILES string of the molecule is CCC1(C)CN(CCS(=O)(=O)CC)CCCN1. The zero-order chi connectivity index (χ0) is 12.9. The average Bonchev–Trinajstić information content (AvgIpc) is 2.49. The molecule has 4 nitrogen and oxygen atoms in total. The lowest BCUT2D eigenvalue weighted by molar-refractivity contribution is 0.224. The Morgan fingerprint density at radius 1 is 1.35 bits per heavy atom. The molecule has 17 heavy (non-hydrogen) atoms. The summed E-state index contributed by atoms with van der Waals surface area (Å²) in [6.07, 6.45) is 2.17. The average molecular weight is 262 g/mol. The van der Waals surface area contributed by atoms with Crippen molar-refractivity contribution in [3.05, 3.63) is 0 Å². The van der Waals surface area contributed by atoms with Gasteiger partial charge >= 0.3 is 0 Å². The fourth-order valence-corrected chi connectivity index (χ4v) is 2.99. The molecule has 1 saturated heterocycles. The zero-order valence-electron chi connectivity index (χ0n) is 11.3. The van der Waals surface area contributed by atoms with E-state index in [2.05, 4.69) is 24.1 Å². The molecule has 0 aromatic carbocycles. The fraction of sp³-hybridized carbons (Fsp3) is 1.00. The van der Waals surface area contributed by atoms with E-state index in [-0.39, 0.29) is 11.3 Å². The van der Waals surface area contributed by atoms with E-state index in [4.69, 9.17) is 0 Å². The molecule has 1 atom stereocenters. The molecule has 1 N–H and O–H groups in total. The van der Waals surface area contributed by atoms with Crippen LogP contribution in [0.15, 0.2) is 0 Å². The molecule has 0 saturated carbocycles. The molecule has 0 amide bonds. The number of hydrogen-bond acceptors (Lipinski definition) is 4. The van der Waals surface area contributed by atoms with Crippen LogP contribution in [0.2, 0.25) is 0 Å². The summed E-state index contributed by atoms with van der Waals surface area (Å²) in [5, 5.41) is 3.56. The Hall–Kier alpha value is -0.130. The number of rotatable bonds is 5. The highest BCUT2D eigenvalue weighted by Crippen LogP contribution is 2.15. The first-order valence-electron chi connectivity index (χ1n) is 6.58. The predicted octanol–water partition coefficient (Wildman–Crippen LogP) is 0.885. The molecule has 0 bridgehead atoms. The van der Waals surface area contributed by atoms with Gasteiger partial charge in [-0.1, -0.05) is 13.8 Å². The van der Waals surface area contributed by atoms with Crippen molar-refractivity contribution in [2.24, 2.45) is 0 Å². The van der Waals surface area contributed by atoms with Crippen LogP contribution < -0.4 is 5.32 Å². The maximum Gasteiger partial charge on any atom is 0.151 e. The summed E-state index contributed by atoms with van der Waals surface area (Å²) < 4.78 is 23.0. The van der Waals surface area contributed by atoms with Crippen molar-refractivity contribution < 1.29 is 8.42 Å². The van der Waals surface area contributed by atoms with Crippen LogP contribution in [-0.2, 0) is 9.84 Å². The molecule has 102 valence electrons. The van der Waals surface area contributed by atoms with Gasteiger partial charge in [0.15, 0.2) is 9.84 Å². The fourth-order valence-electron chi connectivity index (χ4n) is 2.16. The van der Waals surface area contributed by atoms with Crippen molar-refractivity contribution in [2.75, 3.05) is 37.7 Å². The van der Waals surface area contributed by atoms with Crippen molar-refractivity contribution in [3.8, 4) is 0 Å². The normalized spacial score (nSPS) is 27.9. The monoisotopic (exact) mass is 262 g/mol. The smallest absolute Gasteiger partial charge is 0.151 e. The van der Waals surface area contributed by atoms with Gasteiger partial charge in [-0.05, 0) is 32.9 Å². The lowest BCUT2D eigenvalue weighted by atomic mass is 9.99.